The Bertz CT molecular complexity index is 839. The van der Waals surface area contributed by atoms with Gasteiger partial charge in [0.1, 0.15) is 11.5 Å². The van der Waals surface area contributed by atoms with Crippen molar-refractivity contribution in [1.82, 2.24) is 4.90 Å². The highest BCUT2D eigenvalue weighted by Crippen LogP contribution is 2.33. The molecular formula is C23H26ClNO2. The number of hydrogen-bond acceptors (Lipinski definition) is 3. The summed E-state index contributed by atoms with van der Waals surface area (Å²) in [6.07, 6.45) is 0.495. The number of Topliss-reactive ketones (excluding diaryl/α,β-unsaturated/α-hetero) is 1. The van der Waals surface area contributed by atoms with E-state index in [-0.39, 0.29) is 18.2 Å². The lowest BCUT2D eigenvalue weighted by atomic mass is 10.0. The number of carbonyl (C=O) groups excluding carboxylic acids is 1. The number of hydrogen-bond donors (Lipinski definition) is 0. The van der Waals surface area contributed by atoms with Crippen LogP contribution in [0.25, 0.3) is 22.6 Å². The molecule has 0 saturated carbocycles. The summed E-state index contributed by atoms with van der Waals surface area (Å²) in [6, 6.07) is 21.7. The van der Waals surface area contributed by atoms with Gasteiger partial charge in [-0.3, -0.25) is 4.79 Å². The minimum atomic E-state index is 0. The van der Waals surface area contributed by atoms with Crippen molar-refractivity contribution >= 4 is 18.2 Å². The van der Waals surface area contributed by atoms with Crippen molar-refractivity contribution in [3.63, 3.8) is 0 Å². The largest absolute Gasteiger partial charge is 0.455 e. The maximum absolute atomic E-state index is 12.9. The fraction of sp³-hybridized carbons (Fsp3) is 0.261. The second kappa shape index (κ2) is 10.1. The first-order valence-corrected chi connectivity index (χ1v) is 9.23. The van der Waals surface area contributed by atoms with Crippen LogP contribution in [0.4, 0.5) is 0 Å². The molecule has 0 spiro atoms. The summed E-state index contributed by atoms with van der Waals surface area (Å²) in [5.41, 5.74) is 2.58. The number of benzene rings is 2. The first-order valence-electron chi connectivity index (χ1n) is 9.23. The van der Waals surface area contributed by atoms with E-state index in [4.69, 9.17) is 4.42 Å². The van der Waals surface area contributed by atoms with E-state index >= 15 is 0 Å². The Balaban J connectivity index is 0.00000261. The van der Waals surface area contributed by atoms with Gasteiger partial charge in [0.2, 0.25) is 0 Å². The highest BCUT2D eigenvalue weighted by molar-refractivity contribution is 6.02. The SMILES string of the molecule is CCN(CC)CCC(=O)c1cc(-c2ccccc2)oc1-c1ccccc1.Cl. The highest BCUT2D eigenvalue weighted by Gasteiger charge is 2.20. The van der Waals surface area contributed by atoms with Crippen LogP contribution in [0.1, 0.15) is 30.6 Å². The number of rotatable bonds is 8. The van der Waals surface area contributed by atoms with Gasteiger partial charge in [-0.2, -0.15) is 0 Å². The summed E-state index contributed by atoms with van der Waals surface area (Å²) >= 11 is 0. The van der Waals surface area contributed by atoms with Crippen LogP contribution in [0.3, 0.4) is 0 Å². The second-order valence-electron chi connectivity index (χ2n) is 6.29. The zero-order valence-corrected chi connectivity index (χ0v) is 16.7. The molecule has 0 saturated heterocycles. The normalized spacial score (nSPS) is 10.6. The molecule has 0 fully saturated rings. The molecule has 1 aromatic heterocycles. The minimum Gasteiger partial charge on any atom is -0.455 e. The third-order valence-electron chi connectivity index (χ3n) is 4.68. The van der Waals surface area contributed by atoms with Crippen molar-refractivity contribution in [2.45, 2.75) is 20.3 Å². The summed E-state index contributed by atoms with van der Waals surface area (Å²) in [5.74, 6) is 1.52. The summed E-state index contributed by atoms with van der Waals surface area (Å²) in [6.45, 7) is 6.92. The molecule has 1 heterocycles. The summed E-state index contributed by atoms with van der Waals surface area (Å²) in [5, 5.41) is 0. The molecule has 2 aromatic carbocycles. The predicted molar refractivity (Wildman–Crippen MR) is 114 cm³/mol. The van der Waals surface area contributed by atoms with Crippen molar-refractivity contribution < 1.29 is 9.21 Å². The lowest BCUT2D eigenvalue weighted by Crippen LogP contribution is -2.25. The summed E-state index contributed by atoms with van der Waals surface area (Å²) in [7, 11) is 0. The lowest BCUT2D eigenvalue weighted by molar-refractivity contribution is 0.0966. The number of halogens is 1. The van der Waals surface area contributed by atoms with Gasteiger partial charge in [-0.15, -0.1) is 12.4 Å². The van der Waals surface area contributed by atoms with E-state index < -0.39 is 0 Å². The van der Waals surface area contributed by atoms with Gasteiger partial charge in [-0.1, -0.05) is 74.5 Å². The standard InChI is InChI=1S/C23H25NO2.ClH/c1-3-24(4-2)16-15-21(25)20-17-22(18-11-7-5-8-12-18)26-23(20)19-13-9-6-10-14-19;/h5-14,17H,3-4,15-16H2,1-2H3;1H. The number of carbonyl (C=O) groups is 1. The molecular weight excluding hydrogens is 358 g/mol. The molecule has 0 aliphatic heterocycles. The van der Waals surface area contributed by atoms with E-state index in [0.717, 1.165) is 36.5 Å². The Morgan fingerprint density at radius 2 is 1.44 bits per heavy atom. The predicted octanol–water partition coefficient (Wildman–Crippen LogP) is 5.95. The topological polar surface area (TPSA) is 33.5 Å². The molecule has 142 valence electrons. The number of nitrogens with zero attached hydrogens (tertiary/aromatic N) is 1. The zero-order chi connectivity index (χ0) is 18.4. The quantitative estimate of drug-likeness (QED) is 0.450. The molecule has 0 unspecified atom stereocenters. The molecule has 0 aliphatic rings. The molecule has 0 atom stereocenters. The van der Waals surface area contributed by atoms with Crippen molar-refractivity contribution in [1.29, 1.82) is 0 Å². The fourth-order valence-electron chi connectivity index (χ4n) is 3.08. The monoisotopic (exact) mass is 383 g/mol. The van der Waals surface area contributed by atoms with Crippen LogP contribution >= 0.6 is 12.4 Å². The summed E-state index contributed by atoms with van der Waals surface area (Å²) in [4.78, 5) is 15.2. The highest BCUT2D eigenvalue weighted by atomic mass is 35.5. The molecule has 0 amide bonds. The van der Waals surface area contributed by atoms with Crippen LogP contribution in [-0.2, 0) is 0 Å². The van der Waals surface area contributed by atoms with E-state index in [1.54, 1.807) is 0 Å². The lowest BCUT2D eigenvalue weighted by Gasteiger charge is -2.16. The van der Waals surface area contributed by atoms with Crippen molar-refractivity contribution in [3.05, 3.63) is 72.3 Å². The Labute approximate surface area is 167 Å². The van der Waals surface area contributed by atoms with Crippen LogP contribution < -0.4 is 0 Å². The second-order valence-corrected chi connectivity index (χ2v) is 6.29. The molecule has 0 bridgehead atoms. The van der Waals surface area contributed by atoms with Gasteiger partial charge in [0.25, 0.3) is 0 Å². The summed E-state index contributed by atoms with van der Waals surface area (Å²) < 4.78 is 6.13. The van der Waals surface area contributed by atoms with Gasteiger partial charge in [0.05, 0.1) is 5.56 Å². The van der Waals surface area contributed by atoms with Crippen LogP contribution in [0.15, 0.2) is 71.1 Å². The molecule has 3 rings (SSSR count). The Hall–Kier alpha value is -2.36. The van der Waals surface area contributed by atoms with Crippen LogP contribution in [0.2, 0.25) is 0 Å². The average molecular weight is 384 g/mol. The van der Waals surface area contributed by atoms with E-state index in [0.29, 0.717) is 17.7 Å². The number of ketones is 1. The van der Waals surface area contributed by atoms with Crippen LogP contribution in [-0.4, -0.2) is 30.3 Å². The van der Waals surface area contributed by atoms with Gasteiger partial charge in [-0.05, 0) is 19.2 Å². The molecule has 3 nitrogen and oxygen atoms in total. The van der Waals surface area contributed by atoms with Gasteiger partial charge in [0.15, 0.2) is 5.78 Å². The third-order valence-corrected chi connectivity index (χ3v) is 4.68. The molecule has 0 radical (unpaired) electrons. The Morgan fingerprint density at radius 3 is 2.00 bits per heavy atom. The van der Waals surface area contributed by atoms with E-state index in [9.17, 15) is 4.79 Å². The van der Waals surface area contributed by atoms with Crippen LogP contribution in [0, 0.1) is 0 Å². The fourth-order valence-corrected chi connectivity index (χ4v) is 3.08. The molecule has 27 heavy (non-hydrogen) atoms. The van der Waals surface area contributed by atoms with E-state index in [1.165, 1.54) is 0 Å². The van der Waals surface area contributed by atoms with E-state index in [2.05, 4.69) is 18.7 Å². The molecule has 3 aromatic rings. The van der Waals surface area contributed by atoms with Gasteiger partial charge in [-0.25, -0.2) is 0 Å². The third kappa shape index (κ3) is 5.09. The van der Waals surface area contributed by atoms with Crippen molar-refractivity contribution in [2.75, 3.05) is 19.6 Å². The molecule has 0 N–H and O–H groups in total. The van der Waals surface area contributed by atoms with E-state index in [1.807, 2.05) is 66.7 Å². The Morgan fingerprint density at radius 1 is 0.889 bits per heavy atom. The Kier molecular flexibility index (Phi) is 7.83. The smallest absolute Gasteiger partial charge is 0.168 e. The first kappa shape index (κ1) is 20.9. The first-order chi connectivity index (χ1) is 12.7. The molecule has 4 heteroatoms. The van der Waals surface area contributed by atoms with Crippen molar-refractivity contribution in [3.8, 4) is 22.6 Å². The molecule has 0 aliphatic carbocycles. The maximum Gasteiger partial charge on any atom is 0.168 e. The van der Waals surface area contributed by atoms with Gasteiger partial charge >= 0.3 is 0 Å². The minimum absolute atomic E-state index is 0. The average Bonchev–Trinajstić information content (AvgIpc) is 3.15. The van der Waals surface area contributed by atoms with Gasteiger partial charge < -0.3 is 9.32 Å². The van der Waals surface area contributed by atoms with Gasteiger partial charge in [0, 0.05) is 24.1 Å². The maximum atomic E-state index is 12.9. The zero-order valence-electron chi connectivity index (χ0n) is 15.9. The number of furan rings is 1. The van der Waals surface area contributed by atoms with Crippen molar-refractivity contribution in [2.24, 2.45) is 0 Å². The van der Waals surface area contributed by atoms with Crippen LogP contribution in [0.5, 0.6) is 0 Å².